The maximum Gasteiger partial charge on any atom is 0.304 e. The van der Waals surface area contributed by atoms with Gasteiger partial charge in [-0.1, -0.05) is 6.07 Å². The summed E-state index contributed by atoms with van der Waals surface area (Å²) >= 11 is 0. The molecule has 1 aliphatic heterocycles. The topological polar surface area (TPSA) is 55.8 Å². The van der Waals surface area contributed by atoms with Gasteiger partial charge in [-0.25, -0.2) is 0 Å². The molecular weight excluding hydrogens is 208 g/mol. The zero-order chi connectivity index (χ0) is 11.7. The van der Waals surface area contributed by atoms with E-state index in [9.17, 15) is 4.79 Å². The summed E-state index contributed by atoms with van der Waals surface area (Å²) in [4.78, 5) is 10.8. The Hall–Kier alpha value is -1.71. The first-order chi connectivity index (χ1) is 7.61. The quantitative estimate of drug-likeness (QED) is 0.850. The number of aliphatic carboxylic acids is 1. The minimum atomic E-state index is -0.802. The van der Waals surface area contributed by atoms with Gasteiger partial charge in [-0.15, -0.1) is 0 Å². The maximum atomic E-state index is 10.8. The van der Waals surface area contributed by atoms with Gasteiger partial charge in [0.25, 0.3) is 0 Å². The number of carboxylic acid groups (broad SMARTS) is 1. The second kappa shape index (κ2) is 4.04. The lowest BCUT2D eigenvalue weighted by Crippen LogP contribution is -2.17. The number of fused-ring (bicyclic) bond motifs is 1. The van der Waals surface area contributed by atoms with Crippen LogP contribution in [0, 0.1) is 0 Å². The molecule has 0 spiro atoms. The lowest BCUT2D eigenvalue weighted by atomic mass is 9.93. The third kappa shape index (κ3) is 1.83. The van der Waals surface area contributed by atoms with Crippen LogP contribution >= 0.6 is 0 Å². The van der Waals surface area contributed by atoms with Crippen molar-refractivity contribution in [1.29, 1.82) is 0 Å². The fourth-order valence-electron chi connectivity index (χ4n) is 2.05. The molecule has 0 aromatic heterocycles. The summed E-state index contributed by atoms with van der Waals surface area (Å²) in [5.74, 6) is 0.586. The van der Waals surface area contributed by atoms with E-state index < -0.39 is 5.97 Å². The highest BCUT2D eigenvalue weighted by Crippen LogP contribution is 2.41. The van der Waals surface area contributed by atoms with Gasteiger partial charge in [-0.05, 0) is 13.0 Å². The van der Waals surface area contributed by atoms with Crippen LogP contribution in [0.5, 0.6) is 11.5 Å². The van der Waals surface area contributed by atoms with Gasteiger partial charge < -0.3 is 14.6 Å². The van der Waals surface area contributed by atoms with E-state index in [1.54, 1.807) is 13.2 Å². The number of hydrogen-bond acceptors (Lipinski definition) is 3. The summed E-state index contributed by atoms with van der Waals surface area (Å²) in [7, 11) is 1.59. The molecule has 2 rings (SSSR count). The van der Waals surface area contributed by atoms with Crippen LogP contribution in [-0.4, -0.2) is 24.3 Å². The molecular formula is C12H14O4. The molecule has 2 atom stereocenters. The van der Waals surface area contributed by atoms with Crippen molar-refractivity contribution >= 4 is 5.97 Å². The Morgan fingerprint density at radius 1 is 1.56 bits per heavy atom. The highest BCUT2D eigenvalue weighted by molar-refractivity contribution is 5.69. The van der Waals surface area contributed by atoms with Crippen molar-refractivity contribution in [2.45, 2.75) is 25.4 Å². The molecule has 0 bridgehead atoms. The summed E-state index contributed by atoms with van der Waals surface area (Å²) in [5.41, 5.74) is 0.954. The number of rotatable bonds is 3. The van der Waals surface area contributed by atoms with Gasteiger partial charge in [0.1, 0.15) is 17.6 Å². The normalized spacial score (nSPS) is 22.4. The van der Waals surface area contributed by atoms with E-state index >= 15 is 0 Å². The van der Waals surface area contributed by atoms with Gasteiger partial charge in [0, 0.05) is 17.5 Å². The van der Waals surface area contributed by atoms with Gasteiger partial charge in [0.05, 0.1) is 13.5 Å². The third-order valence-electron chi connectivity index (χ3n) is 2.89. The van der Waals surface area contributed by atoms with Crippen molar-refractivity contribution in [2.24, 2.45) is 0 Å². The Morgan fingerprint density at radius 2 is 2.31 bits per heavy atom. The zero-order valence-corrected chi connectivity index (χ0v) is 9.27. The molecule has 1 aliphatic rings. The van der Waals surface area contributed by atoms with Crippen LogP contribution in [0.3, 0.4) is 0 Å². The SMILES string of the molecule is COc1ccc2c(c1)OC(C)C2CC(=O)O. The average Bonchev–Trinajstić information content (AvgIpc) is 2.54. The van der Waals surface area contributed by atoms with Crippen molar-refractivity contribution in [3.05, 3.63) is 23.8 Å². The van der Waals surface area contributed by atoms with E-state index in [1.807, 2.05) is 19.1 Å². The fourth-order valence-corrected chi connectivity index (χ4v) is 2.05. The molecule has 2 unspecified atom stereocenters. The maximum absolute atomic E-state index is 10.8. The lowest BCUT2D eigenvalue weighted by molar-refractivity contribution is -0.137. The van der Waals surface area contributed by atoms with Crippen molar-refractivity contribution in [3.8, 4) is 11.5 Å². The molecule has 0 aliphatic carbocycles. The van der Waals surface area contributed by atoms with Gasteiger partial charge >= 0.3 is 5.97 Å². The Morgan fingerprint density at radius 3 is 2.94 bits per heavy atom. The summed E-state index contributed by atoms with van der Waals surface area (Å²) < 4.78 is 10.7. The van der Waals surface area contributed by atoms with Gasteiger partial charge in [0.2, 0.25) is 0 Å². The largest absolute Gasteiger partial charge is 0.497 e. The number of carbonyl (C=O) groups is 1. The molecule has 1 aromatic carbocycles. The van der Waals surface area contributed by atoms with Crippen molar-refractivity contribution < 1.29 is 19.4 Å². The van der Waals surface area contributed by atoms with Crippen molar-refractivity contribution in [2.75, 3.05) is 7.11 Å². The number of hydrogen-bond donors (Lipinski definition) is 1. The van der Waals surface area contributed by atoms with Gasteiger partial charge in [-0.2, -0.15) is 0 Å². The number of carboxylic acids is 1. The molecule has 86 valence electrons. The van der Waals surface area contributed by atoms with E-state index in [4.69, 9.17) is 14.6 Å². The van der Waals surface area contributed by atoms with Crippen LogP contribution in [0.15, 0.2) is 18.2 Å². The first-order valence-corrected chi connectivity index (χ1v) is 5.18. The molecule has 0 fully saturated rings. The number of ether oxygens (including phenoxy) is 2. The molecule has 16 heavy (non-hydrogen) atoms. The Kier molecular flexibility index (Phi) is 2.73. The monoisotopic (exact) mass is 222 g/mol. The van der Waals surface area contributed by atoms with Crippen LogP contribution in [0.25, 0.3) is 0 Å². The lowest BCUT2D eigenvalue weighted by Gasteiger charge is -2.11. The van der Waals surface area contributed by atoms with Crippen molar-refractivity contribution in [1.82, 2.24) is 0 Å². The predicted molar refractivity (Wildman–Crippen MR) is 58.1 cm³/mol. The molecule has 0 saturated heterocycles. The third-order valence-corrected chi connectivity index (χ3v) is 2.89. The molecule has 1 N–H and O–H groups in total. The van der Waals surface area contributed by atoms with Crippen LogP contribution < -0.4 is 9.47 Å². The molecule has 0 saturated carbocycles. The molecule has 1 heterocycles. The first-order valence-electron chi connectivity index (χ1n) is 5.18. The summed E-state index contributed by atoms with van der Waals surface area (Å²) in [5, 5.41) is 8.84. The van der Waals surface area contributed by atoms with Crippen LogP contribution in [0.2, 0.25) is 0 Å². The van der Waals surface area contributed by atoms with Crippen LogP contribution in [-0.2, 0) is 4.79 Å². The minimum Gasteiger partial charge on any atom is -0.497 e. The average molecular weight is 222 g/mol. The Balaban J connectivity index is 2.31. The molecule has 0 amide bonds. The molecule has 0 radical (unpaired) electrons. The fraction of sp³-hybridized carbons (Fsp3) is 0.417. The smallest absolute Gasteiger partial charge is 0.304 e. The van der Waals surface area contributed by atoms with Crippen LogP contribution in [0.1, 0.15) is 24.8 Å². The summed E-state index contributed by atoms with van der Waals surface area (Å²) in [6.45, 7) is 1.89. The molecule has 4 nitrogen and oxygen atoms in total. The first kappa shape index (κ1) is 10.8. The summed E-state index contributed by atoms with van der Waals surface area (Å²) in [6, 6.07) is 5.51. The summed E-state index contributed by atoms with van der Waals surface area (Å²) in [6.07, 6.45) is -0.00117. The number of benzene rings is 1. The Bertz CT molecular complexity index is 413. The standard InChI is InChI=1S/C12H14O4/c1-7-10(6-12(13)14)9-4-3-8(15-2)5-11(9)16-7/h3-5,7,10H,6H2,1-2H3,(H,13,14). The zero-order valence-electron chi connectivity index (χ0n) is 9.27. The Labute approximate surface area is 93.8 Å². The van der Waals surface area contributed by atoms with Gasteiger partial charge in [-0.3, -0.25) is 4.79 Å². The van der Waals surface area contributed by atoms with E-state index in [2.05, 4.69) is 0 Å². The van der Waals surface area contributed by atoms with E-state index in [0.717, 1.165) is 17.1 Å². The second-order valence-corrected chi connectivity index (χ2v) is 3.93. The van der Waals surface area contributed by atoms with Crippen LogP contribution in [0.4, 0.5) is 0 Å². The van der Waals surface area contributed by atoms with E-state index in [0.29, 0.717) is 0 Å². The second-order valence-electron chi connectivity index (χ2n) is 3.93. The highest BCUT2D eigenvalue weighted by atomic mass is 16.5. The van der Waals surface area contributed by atoms with Gasteiger partial charge in [0.15, 0.2) is 0 Å². The number of methoxy groups -OCH3 is 1. The van der Waals surface area contributed by atoms with E-state index in [-0.39, 0.29) is 18.4 Å². The van der Waals surface area contributed by atoms with E-state index in [1.165, 1.54) is 0 Å². The molecule has 4 heteroatoms. The minimum absolute atomic E-state index is 0.0709. The molecule has 1 aromatic rings. The predicted octanol–water partition coefficient (Wildman–Crippen LogP) is 2.03. The highest BCUT2D eigenvalue weighted by Gasteiger charge is 2.32. The van der Waals surface area contributed by atoms with Crippen molar-refractivity contribution in [3.63, 3.8) is 0 Å².